The molecule has 1 aromatic rings. The molecule has 0 radical (unpaired) electrons. The number of phosphoric acid groups is 3. The van der Waals surface area contributed by atoms with Crippen molar-refractivity contribution in [3.63, 3.8) is 0 Å². The number of nitrogens with zero attached hydrogens (tertiary/aromatic N) is 2. The predicted molar refractivity (Wildman–Crippen MR) is 96.8 cm³/mol. The first-order valence-corrected chi connectivity index (χ1v) is 12.2. The van der Waals surface area contributed by atoms with Gasteiger partial charge in [0, 0.05) is 0 Å². The standard InChI is InChI=1S/C10H16F2N3O11P3S.U/c1-10(12,5-15-4-6(11)8(13)14-9(15)30)7(16)2-3-24-28(20,21)26-29(22,23)25-27(17,18)19;/h2,4-5,7,16H,3H2,1H3,(H,20,21)(H,22,23)(H2,13,14,30)(H2,17,18,19);/q-2;+2/t7-,10?;/m0./s1. The summed E-state index contributed by atoms with van der Waals surface area (Å²) in [7, 11) is -16.7. The molecule has 1 aromatic heterocycles. The van der Waals surface area contributed by atoms with Crippen molar-refractivity contribution < 1.29 is 91.4 Å². The van der Waals surface area contributed by atoms with E-state index in [1.54, 1.807) is 0 Å². The van der Waals surface area contributed by atoms with Gasteiger partial charge < -0.3 is 39.5 Å². The van der Waals surface area contributed by atoms with Crippen LogP contribution in [0.3, 0.4) is 0 Å². The Kier molecular flexibility index (Phi) is 11.7. The molecular formula is C10H16F2N3O11P3SU. The van der Waals surface area contributed by atoms with E-state index in [4.69, 9.17) is 32.6 Å². The van der Waals surface area contributed by atoms with Crippen LogP contribution in [0.5, 0.6) is 0 Å². The molecule has 0 aliphatic rings. The molecule has 7 N–H and O–H groups in total. The molecule has 31 heavy (non-hydrogen) atoms. The number of aromatic nitrogens is 2. The first-order valence-electron chi connectivity index (χ1n) is 7.22. The molecule has 0 saturated heterocycles. The van der Waals surface area contributed by atoms with Crippen molar-refractivity contribution in [2.45, 2.75) is 18.7 Å². The average Bonchev–Trinajstić information content (AvgIpc) is 2.48. The number of alkyl halides is 1. The minimum Gasteiger partial charge on any atom is -0.456 e. The van der Waals surface area contributed by atoms with Crippen LogP contribution >= 0.6 is 35.7 Å². The van der Waals surface area contributed by atoms with Gasteiger partial charge in [0.2, 0.25) is 0 Å². The molecular weight excluding hydrogens is 739 g/mol. The molecule has 0 aliphatic heterocycles. The number of anilines is 1. The van der Waals surface area contributed by atoms with Crippen LogP contribution in [0.15, 0.2) is 6.20 Å². The van der Waals surface area contributed by atoms with Gasteiger partial charge in [0.1, 0.15) is 11.6 Å². The number of phosphoric ester groups is 1. The topological polar surface area (TPSA) is 224 Å². The van der Waals surface area contributed by atoms with Gasteiger partial charge in [-0.05, 0) is 13.0 Å². The van der Waals surface area contributed by atoms with E-state index >= 15 is 0 Å². The third-order valence-corrected chi connectivity index (χ3v) is 6.98. The number of aliphatic hydroxyl groups excluding tert-OH is 1. The third kappa shape index (κ3) is 11.3. The molecule has 1 rings (SSSR count). The summed E-state index contributed by atoms with van der Waals surface area (Å²) in [5, 5.41) is 9.86. The zero-order valence-corrected chi connectivity index (χ0v) is 22.8. The maximum atomic E-state index is 14.7. The normalized spacial score (nSPS) is 18.7. The molecule has 0 bridgehead atoms. The SMILES string of the molecule is CC(F)([CH-]n1cc(F)c(N)nc1=S)[C@@H](O)[CH-]COP(=O)(O)OP(=O)(O)OP(=O)(O)O.[U+2]. The molecule has 14 nitrogen and oxygen atoms in total. The number of hydrogen-bond acceptors (Lipinski definition) is 10. The van der Waals surface area contributed by atoms with Crippen molar-refractivity contribution in [2.24, 2.45) is 0 Å². The Balaban J connectivity index is 0.00000900. The van der Waals surface area contributed by atoms with E-state index in [-0.39, 0.29) is 35.9 Å². The van der Waals surface area contributed by atoms with Crippen LogP contribution < -0.4 is 5.73 Å². The second-order valence-corrected chi connectivity index (χ2v) is 10.3. The Labute approximate surface area is 202 Å². The van der Waals surface area contributed by atoms with Crippen molar-refractivity contribution in [1.29, 1.82) is 0 Å². The van der Waals surface area contributed by atoms with Crippen molar-refractivity contribution in [2.75, 3.05) is 12.3 Å². The average molecular weight is 755 g/mol. The second kappa shape index (κ2) is 11.6. The summed E-state index contributed by atoms with van der Waals surface area (Å²) in [5.74, 6) is -1.56. The third-order valence-electron chi connectivity index (χ3n) is 2.88. The number of rotatable bonds is 11. The minimum atomic E-state index is -5.72. The van der Waals surface area contributed by atoms with Crippen molar-refractivity contribution in [3.8, 4) is 0 Å². The van der Waals surface area contributed by atoms with Gasteiger partial charge in [-0.2, -0.15) is 8.62 Å². The molecule has 0 aromatic carbocycles. The van der Waals surface area contributed by atoms with E-state index in [9.17, 15) is 32.5 Å². The molecule has 0 aliphatic carbocycles. The number of aliphatic hydroxyl groups is 1. The quantitative estimate of drug-likeness (QED) is 0.105. The van der Waals surface area contributed by atoms with Gasteiger partial charge in [0.05, 0.1) is 10.4 Å². The van der Waals surface area contributed by atoms with Crippen LogP contribution in [0, 0.1) is 54.7 Å². The van der Waals surface area contributed by atoms with Gasteiger partial charge in [0.15, 0.2) is 0 Å². The first-order chi connectivity index (χ1) is 13.3. The van der Waals surface area contributed by atoms with Crippen LogP contribution in [0.25, 0.3) is 0 Å². The molecule has 0 saturated carbocycles. The molecule has 0 fully saturated rings. The van der Waals surface area contributed by atoms with Gasteiger partial charge in [-0.1, -0.05) is 19.3 Å². The Bertz CT molecular complexity index is 977. The van der Waals surface area contributed by atoms with E-state index in [0.717, 1.165) is 6.92 Å². The number of hydrogen-bond donors (Lipinski definition) is 6. The predicted octanol–water partition coefficient (Wildman–Crippen LogP) is 0.980. The van der Waals surface area contributed by atoms with Gasteiger partial charge in [0.25, 0.3) is 0 Å². The van der Waals surface area contributed by atoms with Crippen molar-refractivity contribution in [3.05, 3.63) is 29.8 Å². The molecule has 1 heterocycles. The van der Waals surface area contributed by atoms with Gasteiger partial charge in [-0.3, -0.25) is 15.8 Å². The van der Waals surface area contributed by atoms with Gasteiger partial charge in [-0.25, -0.2) is 18.1 Å². The maximum absolute atomic E-state index is 14.7. The summed E-state index contributed by atoms with van der Waals surface area (Å²) in [6.45, 7) is 0.379. The summed E-state index contributed by atoms with van der Waals surface area (Å²) in [4.78, 5) is 38.5. The molecule has 21 heteroatoms. The Morgan fingerprint density at radius 1 is 1.29 bits per heavy atom. The Morgan fingerprint density at radius 2 is 1.84 bits per heavy atom. The van der Waals surface area contributed by atoms with Crippen LogP contribution in [-0.4, -0.2) is 52.6 Å². The maximum Gasteiger partial charge on any atom is 2.00 e. The van der Waals surface area contributed by atoms with E-state index in [1.807, 2.05) is 0 Å². The van der Waals surface area contributed by atoms with E-state index < -0.39 is 53.5 Å². The van der Waals surface area contributed by atoms with Crippen molar-refractivity contribution >= 4 is 41.5 Å². The largest absolute Gasteiger partial charge is 2.00 e. The van der Waals surface area contributed by atoms with Crippen LogP contribution in [0.2, 0.25) is 0 Å². The summed E-state index contributed by atoms with van der Waals surface area (Å²) < 4.78 is 72.7. The molecule has 176 valence electrons. The monoisotopic (exact) mass is 755 g/mol. The van der Waals surface area contributed by atoms with E-state index in [2.05, 4.69) is 18.1 Å². The first kappa shape index (κ1) is 31.3. The fourth-order valence-electron chi connectivity index (χ4n) is 1.66. The summed E-state index contributed by atoms with van der Waals surface area (Å²) in [5.41, 5.74) is 2.53. The molecule has 0 spiro atoms. The number of nitrogens with two attached hydrogens (primary N) is 1. The minimum absolute atomic E-state index is 0. The van der Waals surface area contributed by atoms with Crippen LogP contribution in [0.4, 0.5) is 14.6 Å². The van der Waals surface area contributed by atoms with Gasteiger partial charge in [-0.15, -0.1) is 12.2 Å². The van der Waals surface area contributed by atoms with Gasteiger partial charge >= 0.3 is 54.6 Å². The van der Waals surface area contributed by atoms with E-state index in [0.29, 0.717) is 23.7 Å². The summed E-state index contributed by atoms with van der Waals surface area (Å²) >= 11 is 4.76. The van der Waals surface area contributed by atoms with Crippen LogP contribution in [0.1, 0.15) is 6.92 Å². The summed E-state index contributed by atoms with van der Waals surface area (Å²) in [6, 6.07) is 0. The number of nitrogen functional groups attached to an aromatic ring is 1. The molecule has 4 atom stereocenters. The zero-order chi connectivity index (χ0) is 23.5. The van der Waals surface area contributed by atoms with Crippen LogP contribution in [-0.2, 0) is 26.8 Å². The molecule has 0 amide bonds. The summed E-state index contributed by atoms with van der Waals surface area (Å²) in [6.07, 6.45) is -0.798. The smallest absolute Gasteiger partial charge is 0.456 e. The Morgan fingerprint density at radius 3 is 2.35 bits per heavy atom. The fourth-order valence-corrected chi connectivity index (χ4v) is 4.83. The fraction of sp³-hybridized carbons (Fsp3) is 0.400. The number of halogens is 2. The van der Waals surface area contributed by atoms with E-state index in [1.165, 1.54) is 0 Å². The Hall–Kier alpha value is 0.252. The zero-order valence-electron chi connectivity index (χ0n) is 15.2. The second-order valence-electron chi connectivity index (χ2n) is 5.51. The molecule has 3 unspecified atom stereocenters. The van der Waals surface area contributed by atoms with Crippen molar-refractivity contribution in [1.82, 2.24) is 9.55 Å².